The summed E-state index contributed by atoms with van der Waals surface area (Å²) in [6.45, 7) is 10.3. The molecular weight excluding hydrogens is 975 g/mol. The summed E-state index contributed by atoms with van der Waals surface area (Å²) >= 11 is 1.32. The fourth-order valence-corrected chi connectivity index (χ4v) is 6.21. The number of hydrogen-bond donors (Lipinski definition) is 1. The highest BCUT2D eigenvalue weighted by molar-refractivity contribution is 7.22. The number of ether oxygens (including phenoxy) is 10. The van der Waals surface area contributed by atoms with Gasteiger partial charge in [-0.05, 0) is 72.8 Å². The first-order valence-corrected chi connectivity index (χ1v) is 21.7. The topological polar surface area (TPSA) is 266 Å². The number of rotatable bonds is 27. The van der Waals surface area contributed by atoms with Crippen molar-refractivity contribution in [1.29, 1.82) is 0 Å². The number of carbonyl (C=O) groups is 8. The molecule has 1 N–H and O–H groups in total. The lowest BCUT2D eigenvalue weighted by atomic mass is 10.1. The molecule has 374 valence electrons. The van der Waals surface area contributed by atoms with Gasteiger partial charge in [0, 0.05) is 47.1 Å². The first kappa shape index (κ1) is 54.1. The zero-order chi connectivity index (χ0) is 52.5. The minimum atomic E-state index is -0.912. The van der Waals surface area contributed by atoms with Gasteiger partial charge >= 0.3 is 41.8 Å². The first-order valence-electron chi connectivity index (χ1n) is 20.9. The Morgan fingerprint density at radius 1 is 0.562 bits per heavy atom. The standard InChI is InChI=1S/C51H41N3O18S/c1-5-44(56)66-28-63-27-37(55)19-17-32-13-16-35(25-41(32)64-29-67-45(57)6-2)50(62)72-40-21-20-38(23-36(40)26-52-54-51-53-39-11-9-10-12-43(39)73-51)71-49(61)34-15-14-33(42(24-34)65-30-68-46(58)7-3)18-22-48(60)70-31-69-47(59)8-4/h5-26H,1-4,27-31H2,(H,53,54)/b19-17+,22-18+,52-26+. The monoisotopic (exact) mass is 1020 g/mol. The molecule has 0 saturated carbocycles. The number of aromatic nitrogens is 1. The fourth-order valence-electron chi connectivity index (χ4n) is 5.40. The Morgan fingerprint density at radius 2 is 1.11 bits per heavy atom. The largest absolute Gasteiger partial charge is 0.457 e. The third-order valence-electron chi connectivity index (χ3n) is 8.83. The molecule has 0 fully saturated rings. The van der Waals surface area contributed by atoms with Crippen LogP contribution in [0.3, 0.4) is 0 Å². The van der Waals surface area contributed by atoms with Crippen LogP contribution < -0.4 is 24.4 Å². The number of nitrogens with one attached hydrogen (secondary N) is 1. The number of para-hydroxylation sites is 1. The van der Waals surface area contributed by atoms with Crippen LogP contribution in [-0.2, 0) is 57.2 Å². The maximum atomic E-state index is 13.8. The SMILES string of the molecule is C=CC(=O)OCOCC(=O)/C=C/c1ccc(C(=O)Oc2ccc(OC(=O)c3ccc(/C=C/C(=O)OCOC(=O)C=C)c(OCOC(=O)C=C)c3)cc2/C=N/Nc2nc3ccccc3s2)cc1OCOC(=O)C=C. The zero-order valence-electron chi connectivity index (χ0n) is 38.2. The minimum absolute atomic E-state index is 0.0121. The number of nitrogens with zero attached hydrogens (tertiary/aromatic N) is 2. The number of benzene rings is 4. The quantitative estimate of drug-likeness (QED) is 0.00824. The average Bonchev–Trinajstić information content (AvgIpc) is 3.82. The van der Waals surface area contributed by atoms with Crippen LogP contribution in [0.25, 0.3) is 22.4 Å². The summed E-state index contributed by atoms with van der Waals surface area (Å²) in [5.41, 5.74) is 4.05. The van der Waals surface area contributed by atoms with E-state index < -0.39 is 81.3 Å². The van der Waals surface area contributed by atoms with Gasteiger partial charge in [0.05, 0.1) is 27.6 Å². The summed E-state index contributed by atoms with van der Waals surface area (Å²) in [6, 6.07) is 19.5. The molecule has 0 unspecified atom stereocenters. The second kappa shape index (κ2) is 28.0. The molecule has 0 amide bonds. The van der Waals surface area contributed by atoms with Gasteiger partial charge in [-0.2, -0.15) is 5.10 Å². The molecule has 0 aliphatic carbocycles. The molecule has 4 aromatic carbocycles. The Balaban J connectivity index is 1.40. The number of esters is 7. The van der Waals surface area contributed by atoms with Crippen LogP contribution in [0.5, 0.6) is 23.0 Å². The molecule has 0 saturated heterocycles. The van der Waals surface area contributed by atoms with Crippen LogP contribution in [-0.4, -0.2) is 92.5 Å². The summed E-state index contributed by atoms with van der Waals surface area (Å²) in [4.78, 5) is 102. The van der Waals surface area contributed by atoms with Gasteiger partial charge in [-0.25, -0.2) is 38.5 Å². The van der Waals surface area contributed by atoms with Crippen molar-refractivity contribution in [2.45, 2.75) is 0 Å². The molecule has 0 aliphatic rings. The van der Waals surface area contributed by atoms with Crippen LogP contribution in [0.4, 0.5) is 5.13 Å². The second-order valence-electron chi connectivity index (χ2n) is 13.7. The number of fused-ring (bicyclic) bond motifs is 1. The molecule has 1 heterocycles. The molecule has 0 spiro atoms. The van der Waals surface area contributed by atoms with E-state index in [-0.39, 0.29) is 50.8 Å². The lowest BCUT2D eigenvalue weighted by Gasteiger charge is -2.13. The van der Waals surface area contributed by atoms with E-state index in [1.165, 1.54) is 84.3 Å². The van der Waals surface area contributed by atoms with E-state index in [0.29, 0.717) is 5.13 Å². The minimum Gasteiger partial charge on any atom is -0.457 e. The molecule has 73 heavy (non-hydrogen) atoms. The smallest absolute Gasteiger partial charge is 0.343 e. The molecule has 0 radical (unpaired) electrons. The Labute approximate surface area is 418 Å². The highest BCUT2D eigenvalue weighted by atomic mass is 32.1. The molecule has 0 aliphatic heterocycles. The predicted octanol–water partition coefficient (Wildman–Crippen LogP) is 6.84. The zero-order valence-corrected chi connectivity index (χ0v) is 39.0. The van der Waals surface area contributed by atoms with Crippen molar-refractivity contribution in [1.82, 2.24) is 4.98 Å². The second-order valence-corrected chi connectivity index (χ2v) is 14.7. The van der Waals surface area contributed by atoms with Crippen LogP contribution in [0.15, 0.2) is 147 Å². The van der Waals surface area contributed by atoms with Crippen molar-refractivity contribution in [2.24, 2.45) is 5.10 Å². The number of hydrogen-bond acceptors (Lipinski definition) is 22. The number of ketones is 1. The first-order chi connectivity index (χ1) is 35.3. The Kier molecular flexibility index (Phi) is 20.8. The lowest BCUT2D eigenvalue weighted by molar-refractivity contribution is -0.160. The molecule has 1 aromatic heterocycles. The molecular formula is C51H41N3O18S. The predicted molar refractivity (Wildman–Crippen MR) is 261 cm³/mol. The molecule has 0 atom stereocenters. The van der Waals surface area contributed by atoms with E-state index in [1.54, 1.807) is 0 Å². The summed E-state index contributed by atoms with van der Waals surface area (Å²) in [6.07, 6.45) is 9.69. The van der Waals surface area contributed by atoms with Gasteiger partial charge in [0.2, 0.25) is 25.5 Å². The van der Waals surface area contributed by atoms with Gasteiger partial charge in [-0.1, -0.05) is 61.9 Å². The summed E-state index contributed by atoms with van der Waals surface area (Å²) in [5.74, 6) is -6.55. The van der Waals surface area contributed by atoms with Gasteiger partial charge in [-0.15, -0.1) is 0 Å². The number of carbonyl (C=O) groups excluding carboxylic acids is 8. The lowest BCUT2D eigenvalue weighted by Crippen LogP contribution is -2.13. The molecule has 5 aromatic rings. The molecule has 0 bridgehead atoms. The summed E-state index contributed by atoms with van der Waals surface area (Å²) < 4.78 is 52.6. The number of anilines is 1. The Morgan fingerprint density at radius 3 is 1.71 bits per heavy atom. The Bertz CT molecular complexity index is 2990. The van der Waals surface area contributed by atoms with E-state index in [1.807, 2.05) is 24.3 Å². The van der Waals surface area contributed by atoms with E-state index >= 15 is 0 Å². The normalized spacial score (nSPS) is 10.7. The van der Waals surface area contributed by atoms with Crippen molar-refractivity contribution in [3.05, 3.63) is 169 Å². The fraction of sp³-hybridized carbons (Fsp3) is 0.0980. The average molecular weight is 1020 g/mol. The van der Waals surface area contributed by atoms with Crippen molar-refractivity contribution in [3.8, 4) is 23.0 Å². The maximum Gasteiger partial charge on any atom is 0.343 e. The summed E-state index contributed by atoms with van der Waals surface area (Å²) in [7, 11) is 0. The van der Waals surface area contributed by atoms with E-state index in [0.717, 1.165) is 46.7 Å². The van der Waals surface area contributed by atoms with Crippen molar-refractivity contribution in [2.75, 3.05) is 39.2 Å². The molecule has 22 heteroatoms. The van der Waals surface area contributed by atoms with E-state index in [2.05, 4.69) is 51.3 Å². The van der Waals surface area contributed by atoms with Gasteiger partial charge in [0.25, 0.3) is 0 Å². The van der Waals surface area contributed by atoms with E-state index in [4.69, 9.17) is 37.9 Å². The van der Waals surface area contributed by atoms with Crippen LogP contribution >= 0.6 is 11.3 Å². The Hall–Kier alpha value is -9.80. The van der Waals surface area contributed by atoms with Gasteiger partial charge < -0.3 is 47.4 Å². The van der Waals surface area contributed by atoms with Gasteiger partial charge in [-0.3, -0.25) is 10.2 Å². The van der Waals surface area contributed by atoms with Crippen molar-refractivity contribution >= 4 is 92.6 Å². The van der Waals surface area contributed by atoms with E-state index in [9.17, 15) is 38.4 Å². The van der Waals surface area contributed by atoms with Crippen molar-refractivity contribution in [3.63, 3.8) is 0 Å². The number of thiazole rings is 1. The summed E-state index contributed by atoms with van der Waals surface area (Å²) in [5, 5.41) is 4.72. The maximum absolute atomic E-state index is 13.8. The highest BCUT2D eigenvalue weighted by Gasteiger charge is 2.18. The molecule has 21 nitrogen and oxygen atoms in total. The van der Waals surface area contributed by atoms with Gasteiger partial charge in [0.1, 0.15) is 29.6 Å². The van der Waals surface area contributed by atoms with Crippen LogP contribution in [0.1, 0.15) is 37.4 Å². The van der Waals surface area contributed by atoms with Crippen LogP contribution in [0.2, 0.25) is 0 Å². The van der Waals surface area contributed by atoms with Gasteiger partial charge in [0.15, 0.2) is 12.6 Å². The molecule has 5 rings (SSSR count). The third kappa shape index (κ3) is 17.6. The van der Waals surface area contributed by atoms with Crippen molar-refractivity contribution < 1.29 is 85.7 Å². The number of hydrazone groups is 1. The highest BCUT2D eigenvalue weighted by Crippen LogP contribution is 2.30. The third-order valence-corrected chi connectivity index (χ3v) is 9.77. The van der Waals surface area contributed by atoms with Crippen LogP contribution in [0, 0.1) is 0 Å².